The van der Waals surface area contributed by atoms with Crippen LogP contribution < -0.4 is 0 Å². The highest BCUT2D eigenvalue weighted by Crippen LogP contribution is 2.59. The molecule has 1 fully saturated rings. The van der Waals surface area contributed by atoms with Crippen molar-refractivity contribution >= 4 is 0 Å². The van der Waals surface area contributed by atoms with Crippen LogP contribution in [0.1, 0.15) is 32.6 Å². The van der Waals surface area contributed by atoms with Gasteiger partial charge in [0.05, 0.1) is 0 Å². The first kappa shape index (κ1) is 5.40. The molecule has 1 saturated carbocycles. The first-order valence-corrected chi connectivity index (χ1v) is 4.58. The predicted molar refractivity (Wildman–Crippen MR) is 41.6 cm³/mol. The molecule has 0 aliphatic heterocycles. The summed E-state index contributed by atoms with van der Waals surface area (Å²) in [6.07, 6.45) is 5.96. The summed E-state index contributed by atoms with van der Waals surface area (Å²) in [5.41, 5.74) is 3.78. The molecule has 0 radical (unpaired) electrons. The molecule has 3 aliphatic rings. The Labute approximate surface area is 62.3 Å². The van der Waals surface area contributed by atoms with Crippen molar-refractivity contribution in [2.24, 2.45) is 17.8 Å². The van der Waals surface area contributed by atoms with Gasteiger partial charge < -0.3 is 0 Å². The monoisotopic (exact) mass is 134 g/mol. The highest BCUT2D eigenvalue weighted by Gasteiger charge is 2.46. The number of hydrogen-bond donors (Lipinski definition) is 0. The number of rotatable bonds is 0. The zero-order valence-electron chi connectivity index (χ0n) is 6.56. The minimum atomic E-state index is 1.03. The summed E-state index contributed by atoms with van der Waals surface area (Å²) in [5.74, 6) is 3.15. The third kappa shape index (κ3) is 0.426. The minimum absolute atomic E-state index is 1.03. The molecule has 0 nitrogen and oxygen atoms in total. The summed E-state index contributed by atoms with van der Waals surface area (Å²) in [5, 5.41) is 0. The van der Waals surface area contributed by atoms with Crippen LogP contribution in [0.3, 0.4) is 0 Å². The summed E-state index contributed by atoms with van der Waals surface area (Å²) < 4.78 is 0. The Kier molecular flexibility index (Phi) is 0.805. The van der Waals surface area contributed by atoms with Crippen LogP contribution in [0, 0.1) is 17.8 Å². The molecule has 0 heterocycles. The molecule has 0 aromatic heterocycles. The van der Waals surface area contributed by atoms with Crippen LogP contribution >= 0.6 is 0 Å². The van der Waals surface area contributed by atoms with Gasteiger partial charge in [-0.25, -0.2) is 0 Å². The van der Waals surface area contributed by atoms with Gasteiger partial charge in [-0.3, -0.25) is 0 Å². The van der Waals surface area contributed by atoms with Gasteiger partial charge in [0.25, 0.3) is 0 Å². The maximum atomic E-state index is 2.44. The van der Waals surface area contributed by atoms with Gasteiger partial charge in [-0.2, -0.15) is 0 Å². The lowest BCUT2D eigenvalue weighted by atomic mass is 9.77. The minimum Gasteiger partial charge on any atom is -0.0698 e. The van der Waals surface area contributed by atoms with Crippen molar-refractivity contribution in [1.29, 1.82) is 0 Å². The summed E-state index contributed by atoms with van der Waals surface area (Å²) in [6, 6.07) is 0. The molecular formula is C10H14. The van der Waals surface area contributed by atoms with Gasteiger partial charge in [-0.05, 0) is 43.4 Å². The third-order valence-electron chi connectivity index (χ3n) is 3.85. The smallest absolute Gasteiger partial charge is 0.0134 e. The molecule has 0 aromatic carbocycles. The quantitative estimate of drug-likeness (QED) is 0.447. The van der Waals surface area contributed by atoms with Gasteiger partial charge in [-0.1, -0.05) is 18.1 Å². The van der Waals surface area contributed by atoms with Gasteiger partial charge in [-0.15, -0.1) is 0 Å². The maximum Gasteiger partial charge on any atom is -0.0134 e. The molecule has 0 heteroatoms. The molecule has 0 bridgehead atoms. The van der Waals surface area contributed by atoms with Gasteiger partial charge in [0.15, 0.2) is 0 Å². The molecule has 54 valence electrons. The van der Waals surface area contributed by atoms with Crippen LogP contribution in [-0.2, 0) is 0 Å². The van der Waals surface area contributed by atoms with Crippen LogP contribution in [0.4, 0.5) is 0 Å². The molecule has 3 atom stereocenters. The van der Waals surface area contributed by atoms with E-state index < -0.39 is 0 Å². The summed E-state index contributed by atoms with van der Waals surface area (Å²) in [6.45, 7) is 2.44. The zero-order chi connectivity index (χ0) is 6.72. The van der Waals surface area contributed by atoms with Crippen molar-refractivity contribution in [2.75, 3.05) is 0 Å². The number of hydrogen-bond acceptors (Lipinski definition) is 0. The van der Waals surface area contributed by atoms with Crippen molar-refractivity contribution in [3.63, 3.8) is 0 Å². The van der Waals surface area contributed by atoms with Crippen molar-refractivity contribution in [3.05, 3.63) is 11.1 Å². The molecule has 3 aliphatic carbocycles. The first-order chi connectivity index (χ1) is 4.86. The normalized spacial score (nSPS) is 49.5. The van der Waals surface area contributed by atoms with Gasteiger partial charge in [0.1, 0.15) is 0 Å². The van der Waals surface area contributed by atoms with E-state index in [1.54, 1.807) is 0 Å². The lowest BCUT2D eigenvalue weighted by Crippen LogP contribution is -2.16. The van der Waals surface area contributed by atoms with Crippen LogP contribution in [0.15, 0.2) is 11.1 Å². The molecule has 0 N–H and O–H groups in total. The Morgan fingerprint density at radius 1 is 1.40 bits per heavy atom. The highest BCUT2D eigenvalue weighted by molar-refractivity contribution is 5.38. The standard InChI is InChI=1S/C10H14/c1-6-4-7-2-3-8-5-9(6)10(7)8/h6-7,9H,2-5H2,1H3. The topological polar surface area (TPSA) is 0 Å². The fraction of sp³-hybridized carbons (Fsp3) is 0.800. The molecule has 10 heavy (non-hydrogen) atoms. The fourth-order valence-electron chi connectivity index (χ4n) is 3.33. The van der Waals surface area contributed by atoms with E-state index in [2.05, 4.69) is 6.92 Å². The van der Waals surface area contributed by atoms with E-state index in [0.29, 0.717) is 0 Å². The zero-order valence-corrected chi connectivity index (χ0v) is 6.56. The molecule has 0 spiro atoms. The van der Waals surface area contributed by atoms with E-state index in [4.69, 9.17) is 0 Å². The Morgan fingerprint density at radius 3 is 3.10 bits per heavy atom. The second-order valence-corrected chi connectivity index (χ2v) is 4.32. The van der Waals surface area contributed by atoms with Gasteiger partial charge in [0, 0.05) is 0 Å². The maximum absolute atomic E-state index is 2.44. The molecule has 0 saturated heterocycles. The summed E-state index contributed by atoms with van der Waals surface area (Å²) in [7, 11) is 0. The SMILES string of the molecule is CC1CC2CCC3=C2C1C3. The van der Waals surface area contributed by atoms with Crippen LogP contribution in [0.5, 0.6) is 0 Å². The second-order valence-electron chi connectivity index (χ2n) is 4.32. The molecular weight excluding hydrogens is 120 g/mol. The van der Waals surface area contributed by atoms with E-state index in [0.717, 1.165) is 17.8 Å². The van der Waals surface area contributed by atoms with E-state index in [1.165, 1.54) is 25.7 Å². The van der Waals surface area contributed by atoms with E-state index >= 15 is 0 Å². The average molecular weight is 134 g/mol. The lowest BCUT2D eigenvalue weighted by molar-refractivity contribution is 0.400. The molecule has 3 unspecified atom stereocenters. The molecule has 0 amide bonds. The Morgan fingerprint density at radius 2 is 2.30 bits per heavy atom. The van der Waals surface area contributed by atoms with E-state index in [9.17, 15) is 0 Å². The van der Waals surface area contributed by atoms with Crippen molar-refractivity contribution in [1.82, 2.24) is 0 Å². The average Bonchev–Trinajstić information content (AvgIpc) is 2.14. The first-order valence-electron chi connectivity index (χ1n) is 4.58. The third-order valence-corrected chi connectivity index (χ3v) is 3.85. The van der Waals surface area contributed by atoms with Crippen LogP contribution in [-0.4, -0.2) is 0 Å². The fourth-order valence-corrected chi connectivity index (χ4v) is 3.33. The number of allylic oxidation sites excluding steroid dienone is 2. The summed E-state index contributed by atoms with van der Waals surface area (Å²) >= 11 is 0. The van der Waals surface area contributed by atoms with Crippen LogP contribution in [0.25, 0.3) is 0 Å². The Bertz CT molecular complexity index is 208. The predicted octanol–water partition coefficient (Wildman–Crippen LogP) is 2.75. The molecule has 0 aromatic rings. The largest absolute Gasteiger partial charge is 0.0698 e. The Balaban J connectivity index is 2.06. The lowest BCUT2D eigenvalue weighted by Gasteiger charge is -2.28. The highest BCUT2D eigenvalue weighted by atomic mass is 14.5. The van der Waals surface area contributed by atoms with E-state index in [-0.39, 0.29) is 0 Å². The van der Waals surface area contributed by atoms with Gasteiger partial charge in [0.2, 0.25) is 0 Å². The van der Waals surface area contributed by atoms with Crippen molar-refractivity contribution in [2.45, 2.75) is 32.6 Å². The second kappa shape index (κ2) is 1.49. The van der Waals surface area contributed by atoms with Gasteiger partial charge >= 0.3 is 0 Å². The molecule has 3 rings (SSSR count). The van der Waals surface area contributed by atoms with Crippen LogP contribution in [0.2, 0.25) is 0 Å². The van der Waals surface area contributed by atoms with E-state index in [1.807, 2.05) is 11.1 Å². The summed E-state index contributed by atoms with van der Waals surface area (Å²) in [4.78, 5) is 0. The van der Waals surface area contributed by atoms with Crippen molar-refractivity contribution < 1.29 is 0 Å². The Hall–Kier alpha value is -0.260. The van der Waals surface area contributed by atoms with Crippen molar-refractivity contribution in [3.8, 4) is 0 Å².